The molecule has 0 aromatic heterocycles. The quantitative estimate of drug-likeness (QED) is 0.830. The third-order valence-corrected chi connectivity index (χ3v) is 6.56. The SMILES string of the molecule is CSc1ccc(C(=O)Nc2cc3c(cc2F)N(C)S(=O)(=O)N3C)cc1. The minimum absolute atomic E-state index is 0.0740. The number of nitrogens with one attached hydrogen (secondary N) is 1. The summed E-state index contributed by atoms with van der Waals surface area (Å²) in [6.45, 7) is 0. The lowest BCUT2D eigenvalue weighted by Gasteiger charge is -2.13. The molecule has 0 saturated heterocycles. The minimum atomic E-state index is -3.70. The summed E-state index contributed by atoms with van der Waals surface area (Å²) < 4.78 is 40.6. The highest BCUT2D eigenvalue weighted by Crippen LogP contribution is 2.41. The van der Waals surface area contributed by atoms with Crippen LogP contribution >= 0.6 is 11.8 Å². The predicted molar refractivity (Wildman–Crippen MR) is 98.3 cm³/mol. The zero-order chi connectivity index (χ0) is 18.4. The number of anilines is 3. The lowest BCUT2D eigenvalue weighted by Crippen LogP contribution is -2.32. The van der Waals surface area contributed by atoms with Gasteiger partial charge in [0.15, 0.2) is 0 Å². The van der Waals surface area contributed by atoms with E-state index in [0.717, 1.165) is 19.6 Å². The molecule has 0 spiro atoms. The first-order valence-corrected chi connectivity index (χ1v) is 9.89. The van der Waals surface area contributed by atoms with Gasteiger partial charge in [-0.1, -0.05) is 0 Å². The predicted octanol–water partition coefficient (Wildman–Crippen LogP) is 2.93. The van der Waals surface area contributed by atoms with Crippen molar-refractivity contribution in [1.82, 2.24) is 0 Å². The van der Waals surface area contributed by atoms with Crippen LogP contribution < -0.4 is 13.9 Å². The van der Waals surface area contributed by atoms with Gasteiger partial charge in [0.05, 0.1) is 17.1 Å². The minimum Gasteiger partial charge on any atom is -0.319 e. The Hall–Kier alpha value is -2.26. The van der Waals surface area contributed by atoms with Crippen LogP contribution in [0.3, 0.4) is 0 Å². The molecule has 1 N–H and O–H groups in total. The topological polar surface area (TPSA) is 69.7 Å². The lowest BCUT2D eigenvalue weighted by atomic mass is 10.2. The molecule has 0 atom stereocenters. The van der Waals surface area contributed by atoms with Crippen LogP contribution in [-0.4, -0.2) is 34.7 Å². The van der Waals surface area contributed by atoms with Gasteiger partial charge in [-0.05, 0) is 36.6 Å². The Labute approximate surface area is 149 Å². The van der Waals surface area contributed by atoms with E-state index in [9.17, 15) is 17.6 Å². The largest absolute Gasteiger partial charge is 0.326 e. The van der Waals surface area contributed by atoms with Crippen LogP contribution in [0.2, 0.25) is 0 Å². The van der Waals surface area contributed by atoms with Crippen LogP contribution in [0.5, 0.6) is 0 Å². The average molecular weight is 381 g/mol. The smallest absolute Gasteiger partial charge is 0.319 e. The number of benzene rings is 2. The van der Waals surface area contributed by atoms with Gasteiger partial charge in [-0.15, -0.1) is 11.8 Å². The molecule has 2 aromatic rings. The number of carbonyl (C=O) groups is 1. The van der Waals surface area contributed by atoms with E-state index in [1.807, 2.05) is 6.26 Å². The molecular weight excluding hydrogens is 365 g/mol. The summed E-state index contributed by atoms with van der Waals surface area (Å²) in [6, 6.07) is 9.32. The maximum Gasteiger partial charge on any atom is 0.326 e. The Morgan fingerprint density at radius 1 is 1.08 bits per heavy atom. The van der Waals surface area contributed by atoms with Crippen LogP contribution in [0, 0.1) is 5.82 Å². The van der Waals surface area contributed by atoms with Crippen molar-refractivity contribution in [2.45, 2.75) is 4.90 Å². The molecule has 1 amide bonds. The van der Waals surface area contributed by atoms with Gasteiger partial charge in [-0.3, -0.25) is 13.4 Å². The van der Waals surface area contributed by atoms with Crippen LogP contribution in [0.1, 0.15) is 10.4 Å². The van der Waals surface area contributed by atoms with Gasteiger partial charge < -0.3 is 5.32 Å². The van der Waals surface area contributed by atoms with Crippen molar-refractivity contribution in [3.8, 4) is 0 Å². The number of halogens is 1. The highest BCUT2D eigenvalue weighted by molar-refractivity contribution is 7.98. The van der Waals surface area contributed by atoms with E-state index in [-0.39, 0.29) is 11.4 Å². The molecule has 0 unspecified atom stereocenters. The number of thioether (sulfide) groups is 1. The molecule has 3 rings (SSSR count). The van der Waals surface area contributed by atoms with Crippen molar-refractivity contribution in [1.29, 1.82) is 0 Å². The van der Waals surface area contributed by atoms with Crippen LogP contribution in [0.4, 0.5) is 21.5 Å². The van der Waals surface area contributed by atoms with Gasteiger partial charge in [-0.25, -0.2) is 4.39 Å². The monoisotopic (exact) mass is 381 g/mol. The van der Waals surface area contributed by atoms with Crippen LogP contribution in [0.25, 0.3) is 0 Å². The van der Waals surface area contributed by atoms with Crippen molar-refractivity contribution in [2.24, 2.45) is 0 Å². The summed E-state index contributed by atoms with van der Waals surface area (Å²) >= 11 is 1.55. The fourth-order valence-corrected chi connectivity index (χ4v) is 4.09. The number of hydrogen-bond acceptors (Lipinski definition) is 4. The fourth-order valence-electron chi connectivity index (χ4n) is 2.52. The van der Waals surface area contributed by atoms with E-state index in [4.69, 9.17) is 0 Å². The number of amides is 1. The lowest BCUT2D eigenvalue weighted by molar-refractivity contribution is 0.102. The van der Waals surface area contributed by atoms with E-state index in [0.29, 0.717) is 11.3 Å². The van der Waals surface area contributed by atoms with Crippen molar-refractivity contribution < 1.29 is 17.6 Å². The van der Waals surface area contributed by atoms with E-state index in [1.165, 1.54) is 20.2 Å². The molecule has 0 aliphatic carbocycles. The van der Waals surface area contributed by atoms with Gasteiger partial charge in [-0.2, -0.15) is 8.42 Å². The van der Waals surface area contributed by atoms with Crippen LogP contribution in [-0.2, 0) is 10.2 Å². The zero-order valence-corrected chi connectivity index (χ0v) is 15.4. The number of fused-ring (bicyclic) bond motifs is 1. The van der Waals surface area contributed by atoms with E-state index in [2.05, 4.69) is 5.32 Å². The third-order valence-electron chi connectivity index (χ3n) is 4.04. The molecule has 9 heteroatoms. The Morgan fingerprint density at radius 3 is 2.20 bits per heavy atom. The number of nitrogens with zero attached hydrogens (tertiary/aromatic N) is 2. The molecule has 25 heavy (non-hydrogen) atoms. The van der Waals surface area contributed by atoms with E-state index in [1.54, 1.807) is 36.0 Å². The summed E-state index contributed by atoms with van der Waals surface area (Å²) in [7, 11) is -0.973. The van der Waals surface area contributed by atoms with Gasteiger partial charge in [0.1, 0.15) is 5.82 Å². The summed E-state index contributed by atoms with van der Waals surface area (Å²) in [6.07, 6.45) is 1.93. The Balaban J connectivity index is 1.92. The molecular formula is C16H16FN3O3S2. The molecule has 1 heterocycles. The summed E-state index contributed by atoms with van der Waals surface area (Å²) in [4.78, 5) is 13.3. The van der Waals surface area contributed by atoms with Crippen molar-refractivity contribution in [3.05, 3.63) is 47.8 Å². The standard InChI is InChI=1S/C16H16FN3O3S2/c1-19-14-8-12(17)13(9-15(14)20(2)25(19,22)23)18-16(21)10-4-6-11(24-3)7-5-10/h4-9H,1-3H3,(H,18,21). The van der Waals surface area contributed by atoms with Crippen molar-refractivity contribution in [2.75, 3.05) is 34.3 Å². The highest BCUT2D eigenvalue weighted by atomic mass is 32.2. The summed E-state index contributed by atoms with van der Waals surface area (Å²) in [5.41, 5.74) is 0.838. The molecule has 0 radical (unpaired) electrons. The maximum absolute atomic E-state index is 14.3. The average Bonchev–Trinajstić information content (AvgIpc) is 2.76. The molecule has 2 aromatic carbocycles. The Morgan fingerprint density at radius 2 is 1.64 bits per heavy atom. The fraction of sp³-hybridized carbons (Fsp3) is 0.188. The summed E-state index contributed by atoms with van der Waals surface area (Å²) in [5.74, 6) is -1.17. The molecule has 0 saturated carbocycles. The van der Waals surface area contributed by atoms with Crippen molar-refractivity contribution in [3.63, 3.8) is 0 Å². The highest BCUT2D eigenvalue weighted by Gasteiger charge is 2.36. The first-order chi connectivity index (χ1) is 11.8. The first kappa shape index (κ1) is 17.6. The second-order valence-corrected chi connectivity index (χ2v) is 8.32. The Bertz CT molecular complexity index is 946. The summed E-state index contributed by atoms with van der Waals surface area (Å²) in [5, 5.41) is 2.50. The normalized spacial score (nSPS) is 15.2. The number of hydrogen-bond donors (Lipinski definition) is 1. The van der Waals surface area contributed by atoms with E-state index < -0.39 is 21.9 Å². The van der Waals surface area contributed by atoms with Crippen LogP contribution in [0.15, 0.2) is 41.3 Å². The van der Waals surface area contributed by atoms with Gasteiger partial charge >= 0.3 is 10.2 Å². The van der Waals surface area contributed by atoms with Gasteiger partial charge in [0.25, 0.3) is 5.91 Å². The maximum atomic E-state index is 14.3. The number of rotatable bonds is 3. The molecule has 0 fully saturated rings. The second-order valence-electron chi connectivity index (χ2n) is 5.45. The number of carbonyl (C=O) groups excluding carboxylic acids is 1. The molecule has 0 bridgehead atoms. The first-order valence-electron chi connectivity index (χ1n) is 7.27. The second kappa shape index (κ2) is 6.23. The Kier molecular flexibility index (Phi) is 4.38. The van der Waals surface area contributed by atoms with Crippen molar-refractivity contribution >= 4 is 44.9 Å². The molecule has 6 nitrogen and oxygen atoms in total. The molecule has 1 aliphatic rings. The third kappa shape index (κ3) is 2.93. The van der Waals surface area contributed by atoms with Gasteiger partial charge in [0.2, 0.25) is 0 Å². The zero-order valence-electron chi connectivity index (χ0n) is 13.8. The van der Waals surface area contributed by atoms with Gasteiger partial charge in [0, 0.05) is 30.6 Å². The van der Waals surface area contributed by atoms with E-state index >= 15 is 0 Å². The molecule has 132 valence electrons. The molecule has 1 aliphatic heterocycles.